The van der Waals surface area contributed by atoms with E-state index in [0.29, 0.717) is 30.8 Å². The standard InChI is InChI=1S/C19H29N3O4/c1-14-13-16(15(2)26-14)19(24)22-7-4-3-5-17(22)18(23)20-6-8-21-9-11-25-12-10-21/h13,17H,3-12H2,1-2H3,(H,20,23)/t17-/m1/s1. The van der Waals surface area contributed by atoms with Crippen LogP contribution in [0.4, 0.5) is 0 Å². The molecule has 2 aliphatic rings. The van der Waals surface area contributed by atoms with Gasteiger partial charge in [0.05, 0.1) is 18.8 Å². The van der Waals surface area contributed by atoms with Gasteiger partial charge in [-0.15, -0.1) is 0 Å². The molecule has 0 spiro atoms. The van der Waals surface area contributed by atoms with E-state index in [1.807, 2.05) is 6.92 Å². The highest BCUT2D eigenvalue weighted by molar-refractivity contribution is 5.98. The molecule has 26 heavy (non-hydrogen) atoms. The van der Waals surface area contributed by atoms with Gasteiger partial charge in [-0.05, 0) is 39.2 Å². The van der Waals surface area contributed by atoms with Crippen LogP contribution in [0.25, 0.3) is 0 Å². The normalized spacial score (nSPS) is 21.6. The summed E-state index contributed by atoms with van der Waals surface area (Å²) in [4.78, 5) is 29.6. The fourth-order valence-corrected chi connectivity index (χ4v) is 3.72. The molecule has 0 saturated carbocycles. The van der Waals surface area contributed by atoms with Crippen molar-refractivity contribution in [1.82, 2.24) is 15.1 Å². The van der Waals surface area contributed by atoms with Gasteiger partial charge < -0.3 is 19.4 Å². The number of ether oxygens (including phenoxy) is 1. The van der Waals surface area contributed by atoms with Crippen LogP contribution >= 0.6 is 0 Å². The van der Waals surface area contributed by atoms with Crippen molar-refractivity contribution in [1.29, 1.82) is 0 Å². The van der Waals surface area contributed by atoms with E-state index in [9.17, 15) is 9.59 Å². The number of nitrogens with one attached hydrogen (secondary N) is 1. The number of aryl methyl sites for hydroxylation is 2. The Bertz CT molecular complexity index is 637. The number of hydrogen-bond acceptors (Lipinski definition) is 5. The van der Waals surface area contributed by atoms with E-state index in [4.69, 9.17) is 9.15 Å². The smallest absolute Gasteiger partial charge is 0.258 e. The molecule has 7 nitrogen and oxygen atoms in total. The molecule has 1 aromatic heterocycles. The van der Waals surface area contributed by atoms with Crippen molar-refractivity contribution >= 4 is 11.8 Å². The van der Waals surface area contributed by atoms with Crippen LogP contribution in [0, 0.1) is 13.8 Å². The van der Waals surface area contributed by atoms with Gasteiger partial charge in [-0.3, -0.25) is 14.5 Å². The second-order valence-corrected chi connectivity index (χ2v) is 7.08. The first-order valence-corrected chi connectivity index (χ1v) is 9.52. The largest absolute Gasteiger partial charge is 0.466 e. The van der Waals surface area contributed by atoms with E-state index in [2.05, 4.69) is 10.2 Å². The Morgan fingerprint density at radius 1 is 1.19 bits per heavy atom. The lowest BCUT2D eigenvalue weighted by atomic mass is 10.00. The third-order valence-electron chi connectivity index (χ3n) is 5.17. The summed E-state index contributed by atoms with van der Waals surface area (Å²) >= 11 is 0. The first-order chi connectivity index (χ1) is 12.6. The minimum atomic E-state index is -0.393. The van der Waals surface area contributed by atoms with Crippen LogP contribution in [0.3, 0.4) is 0 Å². The van der Waals surface area contributed by atoms with Crippen LogP contribution in [0.2, 0.25) is 0 Å². The molecule has 2 aliphatic heterocycles. The topological polar surface area (TPSA) is 75.0 Å². The van der Waals surface area contributed by atoms with Crippen LogP contribution < -0.4 is 5.32 Å². The fraction of sp³-hybridized carbons (Fsp3) is 0.684. The van der Waals surface area contributed by atoms with Crippen molar-refractivity contribution in [3.63, 3.8) is 0 Å². The summed E-state index contributed by atoms with van der Waals surface area (Å²) in [5.41, 5.74) is 0.565. The van der Waals surface area contributed by atoms with E-state index >= 15 is 0 Å². The van der Waals surface area contributed by atoms with Gasteiger partial charge in [-0.25, -0.2) is 0 Å². The van der Waals surface area contributed by atoms with E-state index in [-0.39, 0.29) is 11.8 Å². The van der Waals surface area contributed by atoms with Gasteiger partial charge in [-0.1, -0.05) is 0 Å². The lowest BCUT2D eigenvalue weighted by Gasteiger charge is -2.35. The van der Waals surface area contributed by atoms with Crippen LogP contribution in [0.1, 0.15) is 41.1 Å². The van der Waals surface area contributed by atoms with Crippen LogP contribution in [-0.2, 0) is 9.53 Å². The molecule has 1 atom stereocenters. The Morgan fingerprint density at radius 2 is 1.96 bits per heavy atom. The number of piperidine rings is 1. The molecule has 2 fully saturated rings. The number of carbonyl (C=O) groups is 2. The molecule has 7 heteroatoms. The number of rotatable bonds is 5. The Kier molecular flexibility index (Phi) is 6.32. The number of hydrogen-bond donors (Lipinski definition) is 1. The zero-order valence-corrected chi connectivity index (χ0v) is 15.8. The fourth-order valence-electron chi connectivity index (χ4n) is 3.72. The van der Waals surface area contributed by atoms with Crippen LogP contribution in [0.15, 0.2) is 10.5 Å². The summed E-state index contributed by atoms with van der Waals surface area (Å²) in [6.07, 6.45) is 2.61. The molecule has 144 valence electrons. The zero-order valence-electron chi connectivity index (χ0n) is 15.8. The van der Waals surface area contributed by atoms with Gasteiger partial charge in [0.15, 0.2) is 0 Å². The second-order valence-electron chi connectivity index (χ2n) is 7.08. The maximum absolute atomic E-state index is 12.9. The molecule has 0 unspecified atom stereocenters. The first-order valence-electron chi connectivity index (χ1n) is 9.52. The quantitative estimate of drug-likeness (QED) is 0.854. The van der Waals surface area contributed by atoms with Gasteiger partial charge >= 0.3 is 0 Å². The molecule has 1 aromatic rings. The summed E-state index contributed by atoms with van der Waals surface area (Å²) in [5.74, 6) is 1.18. The van der Waals surface area contributed by atoms with Gasteiger partial charge in [0.2, 0.25) is 5.91 Å². The number of likely N-dealkylation sites (tertiary alicyclic amines) is 1. The number of morpholine rings is 1. The second kappa shape index (κ2) is 8.68. The number of nitrogens with zero attached hydrogens (tertiary/aromatic N) is 2. The average Bonchev–Trinajstić information content (AvgIpc) is 3.00. The van der Waals surface area contributed by atoms with Crippen molar-refractivity contribution < 1.29 is 18.7 Å². The monoisotopic (exact) mass is 363 g/mol. The molecule has 0 radical (unpaired) electrons. The lowest BCUT2D eigenvalue weighted by Crippen LogP contribution is -2.53. The van der Waals surface area contributed by atoms with E-state index < -0.39 is 6.04 Å². The summed E-state index contributed by atoms with van der Waals surface area (Å²) in [5, 5.41) is 3.02. The van der Waals surface area contributed by atoms with E-state index in [1.54, 1.807) is 17.9 Å². The molecule has 3 rings (SSSR count). The van der Waals surface area contributed by atoms with Crippen molar-refractivity contribution in [2.45, 2.75) is 39.2 Å². The summed E-state index contributed by atoms with van der Waals surface area (Å²) in [6, 6.07) is 1.37. The molecular formula is C19H29N3O4. The molecule has 2 amide bonds. The molecule has 0 aromatic carbocycles. The third-order valence-corrected chi connectivity index (χ3v) is 5.17. The van der Waals surface area contributed by atoms with E-state index in [1.165, 1.54) is 0 Å². The summed E-state index contributed by atoms with van der Waals surface area (Å²) in [7, 11) is 0. The van der Waals surface area contributed by atoms with Crippen LogP contribution in [0.5, 0.6) is 0 Å². The number of furan rings is 1. The first kappa shape index (κ1) is 18.9. The number of carbonyl (C=O) groups excluding carboxylic acids is 2. The van der Waals surface area contributed by atoms with Gasteiger partial charge in [0, 0.05) is 32.7 Å². The Labute approximate surface area is 154 Å². The van der Waals surface area contributed by atoms with Crippen molar-refractivity contribution in [3.8, 4) is 0 Å². The van der Waals surface area contributed by atoms with Gasteiger partial charge in [0.25, 0.3) is 5.91 Å². The minimum Gasteiger partial charge on any atom is -0.466 e. The zero-order chi connectivity index (χ0) is 18.5. The lowest BCUT2D eigenvalue weighted by molar-refractivity contribution is -0.126. The van der Waals surface area contributed by atoms with Gasteiger partial charge in [0.1, 0.15) is 17.6 Å². The predicted octanol–water partition coefficient (Wildman–Crippen LogP) is 1.34. The highest BCUT2D eigenvalue weighted by atomic mass is 16.5. The molecule has 1 N–H and O–H groups in total. The van der Waals surface area contributed by atoms with Crippen molar-refractivity contribution in [2.75, 3.05) is 45.9 Å². The van der Waals surface area contributed by atoms with Crippen molar-refractivity contribution in [2.24, 2.45) is 0 Å². The molecule has 0 aliphatic carbocycles. The third kappa shape index (κ3) is 4.45. The minimum absolute atomic E-state index is 0.0517. The summed E-state index contributed by atoms with van der Waals surface area (Å²) in [6.45, 7) is 8.97. The summed E-state index contributed by atoms with van der Waals surface area (Å²) < 4.78 is 10.8. The Hall–Kier alpha value is -1.86. The Balaban J connectivity index is 1.58. The van der Waals surface area contributed by atoms with Crippen molar-refractivity contribution in [3.05, 3.63) is 23.2 Å². The van der Waals surface area contributed by atoms with Gasteiger partial charge in [-0.2, -0.15) is 0 Å². The maximum atomic E-state index is 12.9. The SMILES string of the molecule is Cc1cc(C(=O)N2CCCC[C@@H]2C(=O)NCCN2CCOCC2)c(C)o1. The molecule has 3 heterocycles. The highest BCUT2D eigenvalue weighted by Gasteiger charge is 2.33. The predicted molar refractivity (Wildman–Crippen MR) is 97.1 cm³/mol. The maximum Gasteiger partial charge on any atom is 0.258 e. The highest BCUT2D eigenvalue weighted by Crippen LogP contribution is 2.23. The molecule has 0 bridgehead atoms. The number of amides is 2. The average molecular weight is 363 g/mol. The van der Waals surface area contributed by atoms with Crippen LogP contribution in [-0.4, -0.2) is 73.6 Å². The van der Waals surface area contributed by atoms with E-state index in [0.717, 1.165) is 51.4 Å². The molecular weight excluding hydrogens is 334 g/mol. The Morgan fingerprint density at radius 3 is 2.65 bits per heavy atom. The molecule has 2 saturated heterocycles.